The van der Waals surface area contributed by atoms with Gasteiger partial charge in [0.1, 0.15) is 16.9 Å². The molecule has 0 aliphatic carbocycles. The number of pyridine rings is 1. The minimum Gasteiger partial charge on any atom is -0.471 e. The molecule has 0 saturated heterocycles. The summed E-state index contributed by atoms with van der Waals surface area (Å²) in [5, 5.41) is 7.92. The van der Waals surface area contributed by atoms with Gasteiger partial charge < -0.3 is 9.15 Å². The predicted molar refractivity (Wildman–Crippen MR) is 109 cm³/mol. The highest BCUT2D eigenvalue weighted by Crippen LogP contribution is 2.36. The number of benzene rings is 1. The zero-order chi connectivity index (χ0) is 19.1. The minimum atomic E-state index is -0.149. The van der Waals surface area contributed by atoms with E-state index in [1.165, 1.54) is 16.0 Å². The summed E-state index contributed by atoms with van der Waals surface area (Å²) < 4.78 is 13.7. The van der Waals surface area contributed by atoms with Crippen LogP contribution in [0.2, 0.25) is 0 Å². The molecule has 0 atom stereocenters. The Kier molecular flexibility index (Phi) is 3.95. The molecule has 0 amide bonds. The number of hydrogen-bond donors (Lipinski definition) is 0. The third-order valence-electron chi connectivity index (χ3n) is 4.65. The summed E-state index contributed by atoms with van der Waals surface area (Å²) in [4.78, 5) is 16.8. The van der Waals surface area contributed by atoms with E-state index in [2.05, 4.69) is 10.1 Å². The molecule has 5 rings (SSSR count). The zero-order valence-electron chi connectivity index (χ0n) is 15.0. The van der Waals surface area contributed by atoms with Gasteiger partial charge in [-0.15, -0.1) is 16.4 Å². The van der Waals surface area contributed by atoms with Crippen molar-refractivity contribution in [2.45, 2.75) is 6.61 Å². The summed E-state index contributed by atoms with van der Waals surface area (Å²) in [5.41, 5.74) is 3.41. The van der Waals surface area contributed by atoms with Crippen LogP contribution in [-0.2, 0) is 13.7 Å². The van der Waals surface area contributed by atoms with Crippen molar-refractivity contribution in [1.82, 2.24) is 14.8 Å². The van der Waals surface area contributed by atoms with Gasteiger partial charge in [-0.3, -0.25) is 9.78 Å². The molecule has 7 heteroatoms. The van der Waals surface area contributed by atoms with E-state index in [-0.39, 0.29) is 5.56 Å². The molecule has 0 unspecified atom stereocenters. The van der Waals surface area contributed by atoms with Crippen LogP contribution in [-0.4, -0.2) is 14.8 Å². The second-order valence-electron chi connectivity index (χ2n) is 6.37. The largest absolute Gasteiger partial charge is 0.471 e. The molecule has 0 aliphatic rings. The van der Waals surface area contributed by atoms with E-state index in [1.807, 2.05) is 41.8 Å². The van der Waals surface area contributed by atoms with Crippen molar-refractivity contribution in [3.63, 3.8) is 0 Å². The topological polar surface area (TPSA) is 70.2 Å². The lowest BCUT2D eigenvalue weighted by molar-refractivity contribution is 0.290. The first-order chi connectivity index (χ1) is 13.7. The monoisotopic (exact) mass is 389 g/mol. The van der Waals surface area contributed by atoms with E-state index >= 15 is 0 Å². The van der Waals surface area contributed by atoms with Gasteiger partial charge in [-0.25, -0.2) is 4.68 Å². The molecule has 0 spiro atoms. The van der Waals surface area contributed by atoms with E-state index in [0.717, 1.165) is 32.4 Å². The number of thiophene rings is 1. The van der Waals surface area contributed by atoms with Gasteiger partial charge in [-0.2, -0.15) is 0 Å². The van der Waals surface area contributed by atoms with Crippen molar-refractivity contribution in [3.05, 3.63) is 76.4 Å². The van der Waals surface area contributed by atoms with Crippen molar-refractivity contribution in [2.24, 2.45) is 7.05 Å². The molecule has 0 aliphatic heterocycles. The highest BCUT2D eigenvalue weighted by Gasteiger charge is 2.18. The Labute approximate surface area is 163 Å². The number of fused-ring (bicyclic) bond motifs is 2. The summed E-state index contributed by atoms with van der Waals surface area (Å²) >= 11 is 1.45. The fourth-order valence-electron chi connectivity index (χ4n) is 3.25. The van der Waals surface area contributed by atoms with Gasteiger partial charge in [0.25, 0.3) is 5.56 Å². The molecule has 0 bridgehead atoms. The average Bonchev–Trinajstić information content (AvgIpc) is 3.35. The Morgan fingerprint density at radius 2 is 2.00 bits per heavy atom. The van der Waals surface area contributed by atoms with Gasteiger partial charge in [0.15, 0.2) is 0 Å². The third-order valence-corrected chi connectivity index (χ3v) is 5.62. The molecule has 0 radical (unpaired) electrons. The molecule has 138 valence electrons. The van der Waals surface area contributed by atoms with Crippen molar-refractivity contribution < 1.29 is 9.15 Å². The molecular weight excluding hydrogens is 374 g/mol. The minimum absolute atomic E-state index is 0.149. The molecular formula is C21H15N3O3S. The first-order valence-electron chi connectivity index (χ1n) is 8.69. The van der Waals surface area contributed by atoms with Crippen molar-refractivity contribution in [2.75, 3.05) is 0 Å². The maximum Gasteiger partial charge on any atom is 0.276 e. The normalized spacial score (nSPS) is 11.3. The van der Waals surface area contributed by atoms with Crippen LogP contribution >= 0.6 is 11.3 Å². The number of ether oxygens (including phenoxy) is 1. The summed E-state index contributed by atoms with van der Waals surface area (Å²) in [6.45, 7) is 0.305. The number of para-hydroxylation sites is 1. The van der Waals surface area contributed by atoms with Gasteiger partial charge in [0.2, 0.25) is 5.88 Å². The first kappa shape index (κ1) is 16.7. The number of nitrogens with zero attached hydrogens (tertiary/aromatic N) is 3. The SMILES string of the molecule is Cn1nc(OCc2coc3ccccc23)c2scc(-c3ccncc3)c2c1=O. The predicted octanol–water partition coefficient (Wildman–Crippen LogP) is 4.38. The maximum absolute atomic E-state index is 12.8. The molecule has 0 N–H and O–H groups in total. The van der Waals surface area contributed by atoms with Crippen molar-refractivity contribution in [3.8, 4) is 17.0 Å². The van der Waals surface area contributed by atoms with E-state index < -0.39 is 0 Å². The second-order valence-corrected chi connectivity index (χ2v) is 7.25. The third kappa shape index (κ3) is 2.68. The van der Waals surface area contributed by atoms with Gasteiger partial charge in [-0.1, -0.05) is 18.2 Å². The standard InChI is InChI=1S/C21H15N3O3S/c1-24-21(25)18-16(13-6-8-22-9-7-13)12-28-19(18)20(23-24)27-11-14-10-26-17-5-3-2-4-15(14)17/h2-10,12H,11H2,1H3. The Balaban J connectivity index is 1.58. The van der Waals surface area contributed by atoms with Crippen LogP contribution in [0.15, 0.2) is 69.6 Å². The summed E-state index contributed by atoms with van der Waals surface area (Å²) in [5.74, 6) is 0.438. The Bertz CT molecular complexity index is 1350. The molecule has 0 fully saturated rings. The molecule has 4 aromatic heterocycles. The Hall–Kier alpha value is -3.45. The van der Waals surface area contributed by atoms with E-state index in [0.29, 0.717) is 17.9 Å². The molecule has 0 saturated carbocycles. The Morgan fingerprint density at radius 3 is 2.86 bits per heavy atom. The quantitative estimate of drug-likeness (QED) is 0.456. The highest BCUT2D eigenvalue weighted by molar-refractivity contribution is 7.18. The van der Waals surface area contributed by atoms with Crippen LogP contribution in [0.1, 0.15) is 5.56 Å². The lowest BCUT2D eigenvalue weighted by atomic mass is 10.1. The van der Waals surface area contributed by atoms with Crippen LogP contribution in [0.5, 0.6) is 5.88 Å². The molecule has 5 aromatic rings. The van der Waals surface area contributed by atoms with Crippen LogP contribution < -0.4 is 10.3 Å². The van der Waals surface area contributed by atoms with Crippen LogP contribution in [0.3, 0.4) is 0 Å². The van der Waals surface area contributed by atoms with Crippen LogP contribution in [0, 0.1) is 0 Å². The summed E-state index contributed by atoms with van der Waals surface area (Å²) in [6.07, 6.45) is 5.12. The van der Waals surface area contributed by atoms with Gasteiger partial charge in [-0.05, 0) is 23.8 Å². The molecule has 1 aromatic carbocycles. The number of hydrogen-bond acceptors (Lipinski definition) is 6. The van der Waals surface area contributed by atoms with Crippen LogP contribution in [0.4, 0.5) is 0 Å². The van der Waals surface area contributed by atoms with Gasteiger partial charge in [0, 0.05) is 41.3 Å². The van der Waals surface area contributed by atoms with Gasteiger partial charge in [0.05, 0.1) is 11.6 Å². The summed E-state index contributed by atoms with van der Waals surface area (Å²) in [6, 6.07) is 11.6. The van der Waals surface area contributed by atoms with E-state index in [9.17, 15) is 4.79 Å². The molecule has 28 heavy (non-hydrogen) atoms. The number of rotatable bonds is 4. The average molecular weight is 389 g/mol. The van der Waals surface area contributed by atoms with Crippen molar-refractivity contribution >= 4 is 32.4 Å². The van der Waals surface area contributed by atoms with E-state index in [1.54, 1.807) is 25.7 Å². The number of aryl methyl sites for hydroxylation is 1. The second kappa shape index (κ2) is 6.61. The highest BCUT2D eigenvalue weighted by atomic mass is 32.1. The van der Waals surface area contributed by atoms with Crippen molar-refractivity contribution in [1.29, 1.82) is 0 Å². The fraction of sp³-hybridized carbons (Fsp3) is 0.0952. The smallest absolute Gasteiger partial charge is 0.276 e. The molecule has 6 nitrogen and oxygen atoms in total. The van der Waals surface area contributed by atoms with Gasteiger partial charge >= 0.3 is 0 Å². The Morgan fingerprint density at radius 1 is 1.18 bits per heavy atom. The number of aromatic nitrogens is 3. The lowest BCUT2D eigenvalue weighted by Gasteiger charge is -2.08. The molecule has 4 heterocycles. The first-order valence-corrected chi connectivity index (χ1v) is 9.57. The fourth-order valence-corrected chi connectivity index (χ4v) is 4.25. The maximum atomic E-state index is 12.8. The lowest BCUT2D eigenvalue weighted by Crippen LogP contribution is -2.20. The summed E-state index contributed by atoms with van der Waals surface area (Å²) in [7, 11) is 1.63. The van der Waals surface area contributed by atoms with Crippen LogP contribution in [0.25, 0.3) is 32.2 Å². The number of furan rings is 1. The van der Waals surface area contributed by atoms with E-state index in [4.69, 9.17) is 9.15 Å². The zero-order valence-corrected chi connectivity index (χ0v) is 15.8.